The lowest BCUT2D eigenvalue weighted by Gasteiger charge is -2.37. The number of thiocarbonyl (C=S) groups is 1. The number of ether oxygens (including phenoxy) is 1. The van der Waals surface area contributed by atoms with E-state index in [1.165, 1.54) is 0 Å². The number of nitrogens with zero attached hydrogens (tertiary/aromatic N) is 1. The second-order valence-electron chi connectivity index (χ2n) is 8.33. The molecule has 1 aliphatic rings. The van der Waals surface area contributed by atoms with Crippen LogP contribution in [-0.2, 0) is 9.53 Å². The number of carbonyl (C=O) groups is 2. The highest BCUT2D eigenvalue weighted by Gasteiger charge is 2.34. The molecule has 1 aliphatic heterocycles. The molecule has 0 spiro atoms. The van der Waals surface area contributed by atoms with Crippen LogP contribution in [0.5, 0.6) is 0 Å². The zero-order chi connectivity index (χ0) is 24.8. The minimum Gasteiger partial charge on any atom is -0.462 e. The van der Waals surface area contributed by atoms with Gasteiger partial charge in [0.1, 0.15) is 0 Å². The van der Waals surface area contributed by atoms with Gasteiger partial charge >= 0.3 is 12.0 Å². The van der Waals surface area contributed by atoms with Crippen LogP contribution in [0.3, 0.4) is 0 Å². The van der Waals surface area contributed by atoms with E-state index in [2.05, 4.69) is 31.9 Å². The van der Waals surface area contributed by atoms with Gasteiger partial charge in [-0.1, -0.05) is 41.9 Å². The molecule has 0 aliphatic carbocycles. The number of benzene rings is 2. The molecule has 180 valence electrons. The molecule has 7 nitrogen and oxygen atoms in total. The number of nitrogens with one attached hydrogen (secondary N) is 3. The number of allylic oxidation sites excluding steroid dienone is 1. The first kappa shape index (κ1) is 25.7. The molecule has 1 heterocycles. The van der Waals surface area contributed by atoms with Crippen LogP contribution in [-0.4, -0.2) is 35.2 Å². The highest BCUT2D eigenvalue weighted by molar-refractivity contribution is 9.10. The summed E-state index contributed by atoms with van der Waals surface area (Å²) in [7, 11) is 0. The van der Waals surface area contributed by atoms with E-state index in [9.17, 15) is 9.59 Å². The molecule has 3 rings (SSSR count). The lowest BCUT2D eigenvalue weighted by atomic mass is 9.95. The Morgan fingerprint density at radius 2 is 1.65 bits per heavy atom. The molecule has 2 aromatic rings. The number of anilines is 2. The van der Waals surface area contributed by atoms with Crippen molar-refractivity contribution in [3.63, 3.8) is 0 Å². The maximum atomic E-state index is 13.0. The first-order valence-corrected chi connectivity index (χ1v) is 12.3. The minimum atomic E-state index is -0.444. The van der Waals surface area contributed by atoms with Crippen molar-refractivity contribution in [2.75, 3.05) is 23.8 Å². The zero-order valence-corrected chi connectivity index (χ0v) is 22.0. The van der Waals surface area contributed by atoms with Crippen LogP contribution < -0.4 is 16.0 Å². The van der Waals surface area contributed by atoms with E-state index in [4.69, 9.17) is 17.0 Å². The normalized spacial score (nSPS) is 15.8. The molecule has 34 heavy (non-hydrogen) atoms. The maximum absolute atomic E-state index is 13.0. The number of carbonyl (C=O) groups excluding carboxylic acids is 2. The van der Waals surface area contributed by atoms with Gasteiger partial charge in [-0.25, -0.2) is 9.59 Å². The predicted molar refractivity (Wildman–Crippen MR) is 143 cm³/mol. The van der Waals surface area contributed by atoms with E-state index in [0.29, 0.717) is 35.2 Å². The minimum absolute atomic E-state index is 0.233. The number of halogens is 1. The largest absolute Gasteiger partial charge is 0.462 e. The second kappa shape index (κ2) is 11.5. The number of esters is 1. The fraction of sp³-hybridized carbons (Fsp3) is 0.320. The topological polar surface area (TPSA) is 82.7 Å². The van der Waals surface area contributed by atoms with Gasteiger partial charge in [0.2, 0.25) is 0 Å². The van der Waals surface area contributed by atoms with E-state index in [-0.39, 0.29) is 17.9 Å². The summed E-state index contributed by atoms with van der Waals surface area (Å²) in [5.41, 5.74) is 3.46. The highest BCUT2D eigenvalue weighted by Crippen LogP contribution is 2.32. The van der Waals surface area contributed by atoms with Gasteiger partial charge in [0.25, 0.3) is 0 Å². The van der Waals surface area contributed by atoms with Crippen LogP contribution in [0.25, 0.3) is 0 Å². The number of hydrogen-bond acceptors (Lipinski definition) is 4. The molecule has 9 heteroatoms. The number of amides is 2. The van der Waals surface area contributed by atoms with Gasteiger partial charge in [-0.15, -0.1) is 0 Å². The first-order chi connectivity index (χ1) is 16.2. The van der Waals surface area contributed by atoms with Crippen molar-refractivity contribution >= 4 is 56.6 Å². The maximum Gasteiger partial charge on any atom is 0.338 e. The van der Waals surface area contributed by atoms with Gasteiger partial charge in [-0.2, -0.15) is 0 Å². The average molecular weight is 546 g/mol. The zero-order valence-electron chi connectivity index (χ0n) is 19.6. The Morgan fingerprint density at radius 1 is 1.09 bits per heavy atom. The summed E-state index contributed by atoms with van der Waals surface area (Å²) in [6, 6.07) is 13.8. The monoisotopic (exact) mass is 544 g/mol. The van der Waals surface area contributed by atoms with Crippen LogP contribution in [0.4, 0.5) is 16.2 Å². The van der Waals surface area contributed by atoms with Crippen LogP contribution in [0, 0.1) is 5.92 Å². The Labute approximate surface area is 214 Å². The molecular weight excluding hydrogens is 516 g/mol. The Balaban J connectivity index is 1.78. The van der Waals surface area contributed by atoms with Crippen molar-refractivity contribution in [3.8, 4) is 0 Å². The van der Waals surface area contributed by atoms with Crippen LogP contribution in [0.15, 0.2) is 64.3 Å². The average Bonchev–Trinajstić information content (AvgIpc) is 2.79. The fourth-order valence-corrected chi connectivity index (χ4v) is 4.23. The standard InChI is InChI=1S/C25H29BrN4O3S/c1-5-30-16(4)21(23(31)33-14-15(2)3)22(29-25(30)34)17-6-10-19(11-7-17)27-24(32)28-20-12-8-18(26)9-13-20/h6-13,15,22H,5,14H2,1-4H3,(H,29,34)(H2,27,28,32). The molecular formula is C25H29BrN4O3S. The molecule has 0 radical (unpaired) electrons. The molecule has 0 fully saturated rings. The number of hydrogen-bond donors (Lipinski definition) is 3. The van der Waals surface area contributed by atoms with Gasteiger partial charge in [-0.3, -0.25) is 0 Å². The third-order valence-electron chi connectivity index (χ3n) is 5.28. The Bertz CT molecular complexity index is 1080. The van der Waals surface area contributed by atoms with Crippen molar-refractivity contribution in [1.29, 1.82) is 0 Å². The summed E-state index contributed by atoms with van der Waals surface area (Å²) in [5.74, 6) is -0.127. The molecule has 2 aromatic carbocycles. The van der Waals surface area contributed by atoms with Crippen molar-refractivity contribution in [2.45, 2.75) is 33.7 Å². The first-order valence-electron chi connectivity index (χ1n) is 11.1. The molecule has 0 bridgehead atoms. The summed E-state index contributed by atoms with van der Waals surface area (Å²) in [6.45, 7) is 8.85. The molecule has 2 amide bonds. The van der Waals surface area contributed by atoms with E-state index in [0.717, 1.165) is 15.7 Å². The van der Waals surface area contributed by atoms with Crippen molar-refractivity contribution in [1.82, 2.24) is 10.2 Å². The fourth-order valence-electron chi connectivity index (χ4n) is 3.58. The van der Waals surface area contributed by atoms with Crippen LogP contribution in [0.1, 0.15) is 39.3 Å². The lowest BCUT2D eigenvalue weighted by molar-refractivity contribution is -0.140. The summed E-state index contributed by atoms with van der Waals surface area (Å²) in [6.07, 6.45) is 0. The van der Waals surface area contributed by atoms with E-state index in [1.807, 2.05) is 56.9 Å². The van der Waals surface area contributed by atoms with E-state index < -0.39 is 6.04 Å². The molecule has 0 aromatic heterocycles. The third-order valence-corrected chi connectivity index (χ3v) is 6.15. The highest BCUT2D eigenvalue weighted by atomic mass is 79.9. The van der Waals surface area contributed by atoms with Crippen molar-refractivity contribution < 1.29 is 14.3 Å². The van der Waals surface area contributed by atoms with Gasteiger partial charge in [0, 0.05) is 28.1 Å². The van der Waals surface area contributed by atoms with Crippen molar-refractivity contribution in [2.24, 2.45) is 5.92 Å². The van der Waals surface area contributed by atoms with Crippen LogP contribution in [0.2, 0.25) is 0 Å². The summed E-state index contributed by atoms with van der Waals surface area (Å²) >= 11 is 8.91. The van der Waals surface area contributed by atoms with Gasteiger partial charge < -0.3 is 25.6 Å². The summed E-state index contributed by atoms with van der Waals surface area (Å²) in [4.78, 5) is 27.2. The Hall–Kier alpha value is -2.91. The second-order valence-corrected chi connectivity index (χ2v) is 9.63. The smallest absolute Gasteiger partial charge is 0.338 e. The Morgan fingerprint density at radius 3 is 2.18 bits per heavy atom. The molecule has 1 unspecified atom stereocenters. The molecule has 3 N–H and O–H groups in total. The molecule has 0 saturated carbocycles. The summed E-state index contributed by atoms with van der Waals surface area (Å²) in [5, 5.41) is 9.44. The quantitative estimate of drug-likeness (QED) is 0.301. The SMILES string of the molecule is CCN1C(=S)NC(c2ccc(NC(=O)Nc3ccc(Br)cc3)cc2)C(C(=O)OCC(C)C)=C1C. The predicted octanol–water partition coefficient (Wildman–Crippen LogP) is 5.82. The van der Waals surface area contributed by atoms with Crippen LogP contribution >= 0.6 is 28.1 Å². The van der Waals surface area contributed by atoms with E-state index in [1.54, 1.807) is 24.3 Å². The Kier molecular flexibility index (Phi) is 8.68. The molecule has 1 atom stereocenters. The molecule has 0 saturated heterocycles. The van der Waals surface area contributed by atoms with Gasteiger partial charge in [-0.05, 0) is 73.9 Å². The van der Waals surface area contributed by atoms with Gasteiger partial charge in [0.15, 0.2) is 5.11 Å². The summed E-state index contributed by atoms with van der Waals surface area (Å²) < 4.78 is 6.49. The van der Waals surface area contributed by atoms with E-state index >= 15 is 0 Å². The number of rotatable bonds is 7. The lowest BCUT2D eigenvalue weighted by Crippen LogP contribution is -2.47. The third kappa shape index (κ3) is 6.36. The van der Waals surface area contributed by atoms with Crippen molar-refractivity contribution in [3.05, 3.63) is 69.8 Å². The number of urea groups is 1. The van der Waals surface area contributed by atoms with Gasteiger partial charge in [0.05, 0.1) is 18.2 Å².